The van der Waals surface area contributed by atoms with E-state index in [1.54, 1.807) is 20.8 Å². The van der Waals surface area contributed by atoms with Crippen molar-refractivity contribution in [3.8, 4) is 0 Å². The van der Waals surface area contributed by atoms with Gasteiger partial charge < -0.3 is 40.9 Å². The van der Waals surface area contributed by atoms with Crippen molar-refractivity contribution in [3.63, 3.8) is 0 Å². The lowest BCUT2D eigenvalue weighted by atomic mass is 9.88. The van der Waals surface area contributed by atoms with E-state index in [0.29, 0.717) is 12.0 Å². The van der Waals surface area contributed by atoms with Gasteiger partial charge in [-0.25, -0.2) is 14.4 Å². The van der Waals surface area contributed by atoms with Gasteiger partial charge in [-0.05, 0) is 41.0 Å². The first-order valence-electron chi connectivity index (χ1n) is 9.69. The van der Waals surface area contributed by atoms with Gasteiger partial charge >= 0.3 is 17.9 Å². The maximum Gasteiger partial charge on any atom is 0.331 e. The number of hydrogen-bond donors (Lipinski definition) is 8. The van der Waals surface area contributed by atoms with Crippen LogP contribution in [0.15, 0.2) is 35.5 Å². The van der Waals surface area contributed by atoms with E-state index in [2.05, 4.69) is 13.2 Å². The summed E-state index contributed by atoms with van der Waals surface area (Å²) in [4.78, 5) is 29.3. The Morgan fingerprint density at radius 1 is 0.636 bits per heavy atom. The van der Waals surface area contributed by atoms with Crippen LogP contribution in [0.4, 0.5) is 0 Å². The number of carboxylic acid groups (broad SMARTS) is 3. The van der Waals surface area contributed by atoms with E-state index in [4.69, 9.17) is 40.9 Å². The number of carbonyl (C=O) groups is 3. The molecule has 8 N–H and O–H groups in total. The van der Waals surface area contributed by atoms with Crippen LogP contribution < -0.4 is 0 Å². The molecular weight excluding hydrogens is 440 g/mol. The minimum Gasteiger partial charge on any atom is -0.478 e. The molecule has 0 rings (SSSR count). The number of allylic oxidation sites excluding steroid dienone is 1. The fourth-order valence-corrected chi connectivity index (χ4v) is 0.699. The molecular formula is C22H42O11. The molecule has 0 saturated heterocycles. The van der Waals surface area contributed by atoms with E-state index in [1.165, 1.54) is 13.8 Å². The number of aliphatic hydroxyl groups is 5. The molecule has 0 unspecified atom stereocenters. The highest BCUT2D eigenvalue weighted by molar-refractivity contribution is 5.86. The van der Waals surface area contributed by atoms with E-state index in [0.717, 1.165) is 5.57 Å². The summed E-state index contributed by atoms with van der Waals surface area (Å²) in [6, 6.07) is 0. The second kappa shape index (κ2) is 25.7. The van der Waals surface area contributed by atoms with E-state index in [9.17, 15) is 14.4 Å². The van der Waals surface area contributed by atoms with Crippen LogP contribution in [0.2, 0.25) is 0 Å². The lowest BCUT2D eigenvalue weighted by Gasteiger charge is -2.24. The molecule has 0 saturated carbocycles. The van der Waals surface area contributed by atoms with Crippen LogP contribution in [0.1, 0.15) is 48.0 Å². The van der Waals surface area contributed by atoms with Gasteiger partial charge in [-0.2, -0.15) is 0 Å². The number of carboxylic acids is 3. The number of hydrogen-bond acceptors (Lipinski definition) is 8. The molecule has 0 atom stereocenters. The van der Waals surface area contributed by atoms with Gasteiger partial charge in [-0.15, -0.1) is 0 Å². The predicted molar refractivity (Wildman–Crippen MR) is 125 cm³/mol. The van der Waals surface area contributed by atoms with E-state index < -0.39 is 23.3 Å². The molecule has 0 aliphatic heterocycles. The van der Waals surface area contributed by atoms with Crippen molar-refractivity contribution in [3.05, 3.63) is 35.5 Å². The Morgan fingerprint density at radius 3 is 0.879 bits per heavy atom. The van der Waals surface area contributed by atoms with E-state index >= 15 is 0 Å². The second-order valence-electron chi connectivity index (χ2n) is 6.88. The Labute approximate surface area is 195 Å². The largest absolute Gasteiger partial charge is 0.478 e. The summed E-state index contributed by atoms with van der Waals surface area (Å²) in [5.74, 6) is -2.70. The molecule has 0 aromatic rings. The van der Waals surface area contributed by atoms with Gasteiger partial charge in [0, 0.05) is 22.1 Å². The SMILES string of the molecule is C=C(C)C(=O)O.C=C(C)C(=O)O.CC(C)=C(C)C(=O)O.CCC(CO)(CO)CO.OCCO. The van der Waals surface area contributed by atoms with Gasteiger partial charge in [0.15, 0.2) is 0 Å². The van der Waals surface area contributed by atoms with E-state index in [-0.39, 0.29) is 44.2 Å². The highest BCUT2D eigenvalue weighted by atomic mass is 16.4. The van der Waals surface area contributed by atoms with Crippen LogP contribution in [-0.2, 0) is 14.4 Å². The summed E-state index contributed by atoms with van der Waals surface area (Å²) in [6.07, 6.45) is 0.594. The molecule has 0 radical (unpaired) electrons. The summed E-state index contributed by atoms with van der Waals surface area (Å²) < 4.78 is 0. The molecule has 33 heavy (non-hydrogen) atoms. The summed E-state index contributed by atoms with van der Waals surface area (Å²) >= 11 is 0. The molecule has 0 aromatic carbocycles. The van der Waals surface area contributed by atoms with Crippen molar-refractivity contribution in [2.45, 2.75) is 48.0 Å². The number of rotatable bonds is 8. The van der Waals surface area contributed by atoms with Crippen LogP contribution in [0, 0.1) is 5.41 Å². The topological polar surface area (TPSA) is 213 Å². The molecule has 11 nitrogen and oxygen atoms in total. The van der Waals surface area contributed by atoms with Crippen molar-refractivity contribution in [1.82, 2.24) is 0 Å². The van der Waals surface area contributed by atoms with Crippen LogP contribution in [-0.4, -0.2) is 91.8 Å². The molecule has 0 aliphatic carbocycles. The van der Waals surface area contributed by atoms with Gasteiger partial charge in [0.1, 0.15) is 0 Å². The zero-order valence-corrected chi connectivity index (χ0v) is 20.5. The highest BCUT2D eigenvalue weighted by Gasteiger charge is 2.24. The summed E-state index contributed by atoms with van der Waals surface area (Å²) in [5, 5.41) is 65.3. The van der Waals surface area contributed by atoms with Gasteiger partial charge in [-0.3, -0.25) is 0 Å². The molecule has 196 valence electrons. The van der Waals surface area contributed by atoms with Crippen molar-refractivity contribution in [1.29, 1.82) is 0 Å². The molecule has 0 spiro atoms. The van der Waals surface area contributed by atoms with E-state index in [1.807, 2.05) is 6.92 Å². The average molecular weight is 483 g/mol. The second-order valence-corrected chi connectivity index (χ2v) is 6.88. The van der Waals surface area contributed by atoms with Gasteiger partial charge in [0.25, 0.3) is 0 Å². The molecule has 0 aromatic heterocycles. The van der Waals surface area contributed by atoms with Gasteiger partial charge in [-0.1, -0.05) is 25.7 Å². The standard InChI is InChI=1S/C6H14O3.C6H10O2.2C4H6O2.C2H6O2/c1-2-6(3-7,4-8)5-9;1-4(2)5(3)6(7)8;2*1-3(2)4(5)6;3-1-2-4/h7-9H,2-5H2,1H3;1-3H3,(H,7,8);2*1H2,2H3,(H,5,6);3-4H,1-2H2. The quantitative estimate of drug-likeness (QED) is 0.229. The Hall–Kier alpha value is -2.57. The van der Waals surface area contributed by atoms with Crippen LogP contribution in [0.5, 0.6) is 0 Å². The first-order chi connectivity index (χ1) is 15.0. The maximum atomic E-state index is 10.1. The predicted octanol–water partition coefficient (Wildman–Crippen LogP) is 1.05. The fraction of sp³-hybridized carbons (Fsp3) is 0.591. The molecule has 0 heterocycles. The van der Waals surface area contributed by atoms with Crippen LogP contribution in [0.25, 0.3) is 0 Å². The van der Waals surface area contributed by atoms with Crippen LogP contribution in [0.3, 0.4) is 0 Å². The third kappa shape index (κ3) is 31.7. The average Bonchev–Trinajstić information content (AvgIpc) is 2.76. The summed E-state index contributed by atoms with van der Waals surface area (Å²) in [7, 11) is 0. The van der Waals surface area contributed by atoms with Gasteiger partial charge in [0.2, 0.25) is 0 Å². The fourth-order valence-electron chi connectivity index (χ4n) is 0.699. The summed E-state index contributed by atoms with van der Waals surface area (Å²) in [5.41, 5.74) is 0.979. The third-order valence-corrected chi connectivity index (χ3v) is 3.66. The smallest absolute Gasteiger partial charge is 0.331 e. The maximum absolute atomic E-state index is 10.1. The number of aliphatic carboxylic acids is 3. The lowest BCUT2D eigenvalue weighted by molar-refractivity contribution is -0.133. The third-order valence-electron chi connectivity index (χ3n) is 3.66. The van der Waals surface area contributed by atoms with Gasteiger partial charge in [0.05, 0.1) is 33.0 Å². The first-order valence-corrected chi connectivity index (χ1v) is 9.69. The van der Waals surface area contributed by atoms with Crippen molar-refractivity contribution < 1.29 is 55.2 Å². The number of aliphatic hydroxyl groups excluding tert-OH is 5. The Kier molecular flexibility index (Phi) is 31.7. The first kappa shape index (κ1) is 40.8. The zero-order chi connectivity index (χ0) is 27.8. The van der Waals surface area contributed by atoms with Crippen molar-refractivity contribution in [2.75, 3.05) is 33.0 Å². The minimum absolute atomic E-state index is 0.125. The Bertz CT molecular complexity index is 532. The molecule has 11 heteroatoms. The monoisotopic (exact) mass is 482 g/mol. The normalized spacial score (nSPS) is 8.94. The molecule has 0 fully saturated rings. The summed E-state index contributed by atoms with van der Waals surface area (Å²) in [6.45, 7) is 15.5. The lowest BCUT2D eigenvalue weighted by Crippen LogP contribution is -2.32. The Morgan fingerprint density at radius 2 is 0.879 bits per heavy atom. The highest BCUT2D eigenvalue weighted by Crippen LogP contribution is 2.18. The zero-order valence-electron chi connectivity index (χ0n) is 20.5. The van der Waals surface area contributed by atoms with Crippen molar-refractivity contribution >= 4 is 17.9 Å². The van der Waals surface area contributed by atoms with Crippen LogP contribution >= 0.6 is 0 Å². The molecule has 0 aliphatic rings. The molecule has 0 amide bonds. The van der Waals surface area contributed by atoms with Crippen molar-refractivity contribution in [2.24, 2.45) is 5.41 Å². The minimum atomic E-state index is -0.935. The Balaban J connectivity index is -0.000000101. The molecule has 0 bridgehead atoms.